The van der Waals surface area contributed by atoms with Gasteiger partial charge >= 0.3 is 0 Å². The second kappa shape index (κ2) is 8.78. The van der Waals surface area contributed by atoms with Crippen molar-refractivity contribution >= 4 is 51.9 Å². The van der Waals surface area contributed by atoms with Crippen molar-refractivity contribution in [3.8, 4) is 11.5 Å². The van der Waals surface area contributed by atoms with Crippen LogP contribution in [0.25, 0.3) is 6.08 Å². The predicted octanol–water partition coefficient (Wildman–Crippen LogP) is 4.90. The fraction of sp³-hybridized carbons (Fsp3) is 0.200. The molecule has 1 aliphatic heterocycles. The Morgan fingerprint density at radius 1 is 1.11 bits per heavy atom. The Kier molecular flexibility index (Phi) is 6.42. The molecule has 1 saturated heterocycles. The molecule has 2 aromatic rings. The first-order valence-electron chi connectivity index (χ1n) is 8.29. The Labute approximate surface area is 172 Å². The van der Waals surface area contributed by atoms with Gasteiger partial charge < -0.3 is 14.8 Å². The zero-order valence-electron chi connectivity index (χ0n) is 14.9. The van der Waals surface area contributed by atoms with E-state index in [0.29, 0.717) is 33.2 Å². The first kappa shape index (κ1) is 19.7. The molecule has 0 unspecified atom stereocenters. The molecule has 0 bridgehead atoms. The van der Waals surface area contributed by atoms with Crippen LogP contribution in [0.5, 0.6) is 11.5 Å². The lowest BCUT2D eigenvalue weighted by atomic mass is 10.1. The molecule has 0 aliphatic carbocycles. The van der Waals surface area contributed by atoms with Crippen molar-refractivity contribution < 1.29 is 14.3 Å². The minimum atomic E-state index is -0.214. The van der Waals surface area contributed by atoms with Crippen LogP contribution in [0.1, 0.15) is 16.7 Å². The van der Waals surface area contributed by atoms with Crippen LogP contribution in [-0.4, -0.2) is 23.4 Å². The Morgan fingerprint density at radius 2 is 1.85 bits per heavy atom. The molecule has 0 spiro atoms. The van der Waals surface area contributed by atoms with Gasteiger partial charge in [-0.1, -0.05) is 47.7 Å². The van der Waals surface area contributed by atoms with E-state index in [1.165, 1.54) is 11.8 Å². The van der Waals surface area contributed by atoms with Gasteiger partial charge in [0.25, 0.3) is 5.91 Å². The van der Waals surface area contributed by atoms with Crippen molar-refractivity contribution in [2.75, 3.05) is 13.2 Å². The third kappa shape index (κ3) is 5.25. The molecule has 0 aromatic heterocycles. The number of benzene rings is 2. The molecule has 1 fully saturated rings. The Morgan fingerprint density at radius 3 is 2.56 bits per heavy atom. The Balaban J connectivity index is 1.67. The highest BCUT2D eigenvalue weighted by Gasteiger charge is 2.22. The van der Waals surface area contributed by atoms with E-state index < -0.39 is 0 Å². The van der Waals surface area contributed by atoms with Crippen molar-refractivity contribution in [1.82, 2.24) is 5.32 Å². The number of hydrogen-bond acceptors (Lipinski definition) is 5. The lowest BCUT2D eigenvalue weighted by Gasteiger charge is -2.13. The van der Waals surface area contributed by atoms with E-state index in [1.54, 1.807) is 24.3 Å². The number of hydrogen-bond donors (Lipinski definition) is 1. The van der Waals surface area contributed by atoms with Gasteiger partial charge in [0.1, 0.15) is 29.0 Å². The van der Waals surface area contributed by atoms with E-state index in [0.717, 1.165) is 22.4 Å². The van der Waals surface area contributed by atoms with E-state index in [1.807, 2.05) is 26.0 Å². The van der Waals surface area contributed by atoms with Gasteiger partial charge in [-0.3, -0.25) is 4.79 Å². The maximum Gasteiger partial charge on any atom is 0.263 e. The second-order valence-electron chi connectivity index (χ2n) is 6.00. The minimum Gasteiger partial charge on any atom is -0.490 e. The first-order chi connectivity index (χ1) is 12.9. The van der Waals surface area contributed by atoms with Crippen molar-refractivity contribution in [3.05, 3.63) is 63.0 Å². The fourth-order valence-electron chi connectivity index (χ4n) is 2.49. The molecule has 2 aromatic carbocycles. The predicted molar refractivity (Wildman–Crippen MR) is 115 cm³/mol. The van der Waals surface area contributed by atoms with Crippen molar-refractivity contribution in [2.24, 2.45) is 0 Å². The molecule has 0 atom stereocenters. The smallest absolute Gasteiger partial charge is 0.263 e. The Hall–Kier alpha value is -2.02. The zero-order valence-corrected chi connectivity index (χ0v) is 17.3. The summed E-state index contributed by atoms with van der Waals surface area (Å²) in [5.74, 6) is 1.27. The average molecular weight is 420 g/mol. The lowest BCUT2D eigenvalue weighted by Crippen LogP contribution is -2.17. The van der Waals surface area contributed by atoms with Gasteiger partial charge in [-0.05, 0) is 55.3 Å². The molecule has 1 aliphatic rings. The van der Waals surface area contributed by atoms with Crippen molar-refractivity contribution in [2.45, 2.75) is 13.8 Å². The third-order valence-corrected chi connectivity index (χ3v) is 5.24. The van der Waals surface area contributed by atoms with E-state index in [4.69, 9.17) is 33.3 Å². The highest BCUT2D eigenvalue weighted by atomic mass is 35.5. The van der Waals surface area contributed by atoms with Crippen LogP contribution < -0.4 is 14.8 Å². The summed E-state index contributed by atoms with van der Waals surface area (Å²) < 4.78 is 12.1. The monoisotopic (exact) mass is 419 g/mol. The molecule has 0 saturated carbocycles. The summed E-state index contributed by atoms with van der Waals surface area (Å²) in [4.78, 5) is 12.4. The van der Waals surface area contributed by atoms with Crippen LogP contribution in [0.2, 0.25) is 5.02 Å². The van der Waals surface area contributed by atoms with Crippen LogP contribution in [-0.2, 0) is 4.79 Å². The number of ether oxygens (including phenoxy) is 2. The molecule has 7 heteroatoms. The molecule has 1 heterocycles. The molecule has 27 heavy (non-hydrogen) atoms. The lowest BCUT2D eigenvalue weighted by molar-refractivity contribution is -0.115. The molecule has 4 nitrogen and oxygen atoms in total. The number of carbonyl (C=O) groups excluding carboxylic acids is 1. The largest absolute Gasteiger partial charge is 0.490 e. The average Bonchev–Trinajstić information content (AvgIpc) is 2.93. The van der Waals surface area contributed by atoms with Gasteiger partial charge in [-0.25, -0.2) is 0 Å². The summed E-state index contributed by atoms with van der Waals surface area (Å²) in [6.07, 6.45) is 1.73. The summed E-state index contributed by atoms with van der Waals surface area (Å²) in [7, 11) is 0. The second-order valence-corrected chi connectivity index (χ2v) is 8.16. The number of rotatable bonds is 6. The van der Waals surface area contributed by atoms with Gasteiger partial charge in [0.15, 0.2) is 0 Å². The van der Waals surface area contributed by atoms with Gasteiger partial charge in [-0.15, -0.1) is 0 Å². The highest BCUT2D eigenvalue weighted by Crippen LogP contribution is 2.31. The van der Waals surface area contributed by atoms with Gasteiger partial charge in [0, 0.05) is 10.6 Å². The van der Waals surface area contributed by atoms with Gasteiger partial charge in [0.2, 0.25) is 0 Å². The summed E-state index contributed by atoms with van der Waals surface area (Å²) in [6.45, 7) is 4.80. The summed E-state index contributed by atoms with van der Waals surface area (Å²) in [5, 5.41) is 3.16. The normalized spacial score (nSPS) is 15.1. The summed E-state index contributed by atoms with van der Waals surface area (Å²) in [5.41, 5.74) is 2.95. The zero-order chi connectivity index (χ0) is 19.4. The molecule has 3 rings (SSSR count). The SMILES string of the molecule is Cc1ccc(C)c(OCCOc2ccc(Cl)cc2C=C2SC(=S)NC2=O)c1. The molecular weight excluding hydrogens is 402 g/mol. The maximum atomic E-state index is 11.9. The molecule has 140 valence electrons. The maximum absolute atomic E-state index is 11.9. The van der Waals surface area contributed by atoms with Crippen molar-refractivity contribution in [3.63, 3.8) is 0 Å². The minimum absolute atomic E-state index is 0.214. The molecule has 1 amide bonds. The number of amides is 1. The molecule has 1 N–H and O–H groups in total. The molecule has 0 radical (unpaired) electrons. The highest BCUT2D eigenvalue weighted by molar-refractivity contribution is 8.26. The number of nitrogens with one attached hydrogen (secondary N) is 1. The van der Waals surface area contributed by atoms with Crippen LogP contribution in [0.4, 0.5) is 0 Å². The standard InChI is InChI=1S/C20H18ClNO3S2/c1-12-3-4-13(2)17(9-12)25-8-7-24-16-6-5-15(21)10-14(16)11-18-19(23)22-20(26)27-18/h3-6,9-11H,7-8H2,1-2H3,(H,22,23,26). The van der Waals surface area contributed by atoms with Crippen LogP contribution in [0.15, 0.2) is 41.3 Å². The van der Waals surface area contributed by atoms with Gasteiger partial charge in [-0.2, -0.15) is 0 Å². The van der Waals surface area contributed by atoms with Crippen molar-refractivity contribution in [1.29, 1.82) is 0 Å². The van der Waals surface area contributed by atoms with E-state index in [9.17, 15) is 4.79 Å². The van der Waals surface area contributed by atoms with Crippen LogP contribution >= 0.6 is 35.6 Å². The van der Waals surface area contributed by atoms with E-state index in [2.05, 4.69) is 11.4 Å². The van der Waals surface area contributed by atoms with Gasteiger partial charge in [0.05, 0.1) is 4.91 Å². The third-order valence-electron chi connectivity index (χ3n) is 3.84. The number of halogens is 1. The fourth-order valence-corrected chi connectivity index (χ4v) is 3.71. The molecular formula is C20H18ClNO3S2. The number of thiocarbonyl (C=S) groups is 1. The van der Waals surface area contributed by atoms with E-state index >= 15 is 0 Å². The van der Waals surface area contributed by atoms with Crippen LogP contribution in [0.3, 0.4) is 0 Å². The number of thioether (sulfide) groups is 1. The number of carbonyl (C=O) groups is 1. The Bertz CT molecular complexity index is 927. The quantitative estimate of drug-likeness (QED) is 0.410. The van der Waals surface area contributed by atoms with E-state index in [-0.39, 0.29) is 5.91 Å². The topological polar surface area (TPSA) is 47.6 Å². The first-order valence-corrected chi connectivity index (χ1v) is 9.90. The van der Waals surface area contributed by atoms with Crippen LogP contribution in [0, 0.1) is 13.8 Å². The number of aryl methyl sites for hydroxylation is 2. The summed E-state index contributed by atoms with van der Waals surface area (Å²) in [6, 6.07) is 11.4. The summed E-state index contributed by atoms with van der Waals surface area (Å²) >= 11 is 12.3.